The quantitative estimate of drug-likeness (QED) is 0.758. The van der Waals surface area contributed by atoms with E-state index < -0.39 is 12.2 Å². The average Bonchev–Trinajstić information content (AvgIpc) is 3.29. The second-order valence-corrected chi connectivity index (χ2v) is 8.97. The fraction of sp³-hybridized carbons (Fsp3) is 0.522. The number of carbonyl (C=O) groups excluding carboxylic acids is 2. The van der Waals surface area contributed by atoms with Crippen LogP contribution in [-0.4, -0.2) is 51.8 Å². The van der Waals surface area contributed by atoms with E-state index in [-0.39, 0.29) is 29.4 Å². The molecular weight excluding hydrogens is 382 g/mol. The molecule has 1 aromatic rings. The Morgan fingerprint density at radius 3 is 2.73 bits per heavy atom. The molecule has 0 spiro atoms. The normalized spacial score (nSPS) is 30.8. The Kier molecular flexibility index (Phi) is 4.97. The zero-order valence-corrected chi connectivity index (χ0v) is 18.4. The Balaban J connectivity index is 1.75. The van der Waals surface area contributed by atoms with Crippen molar-refractivity contribution in [3.8, 4) is 0 Å². The predicted octanol–water partition coefficient (Wildman–Crippen LogP) is 3.69. The van der Waals surface area contributed by atoms with Crippen LogP contribution >= 0.6 is 0 Å². The predicted molar refractivity (Wildman–Crippen MR) is 111 cm³/mol. The zero-order chi connectivity index (χ0) is 21.8. The van der Waals surface area contributed by atoms with E-state index in [0.717, 1.165) is 28.8 Å². The minimum absolute atomic E-state index is 0.0205. The van der Waals surface area contributed by atoms with E-state index in [1.165, 1.54) is 10.9 Å². The molecule has 0 radical (unpaired) electrons. The third-order valence-electron chi connectivity index (χ3n) is 6.79. The summed E-state index contributed by atoms with van der Waals surface area (Å²) in [7, 11) is 1.82. The third kappa shape index (κ3) is 3.12. The summed E-state index contributed by atoms with van der Waals surface area (Å²) in [6.07, 6.45) is 8.12. The van der Waals surface area contributed by atoms with Crippen molar-refractivity contribution in [2.75, 3.05) is 7.05 Å². The SMILES string of the molecule is CC1=C2C[C@@]3(C)C(=C[C@@H](OC(C)C)[C@H](OC(=O)n4ccnc4)[C@@H]3C)C=C2N(C)C1=O. The average molecular weight is 412 g/mol. The van der Waals surface area contributed by atoms with E-state index in [4.69, 9.17) is 9.47 Å². The molecular formula is C23H29N3O4. The van der Waals surface area contributed by atoms with Crippen LogP contribution in [-0.2, 0) is 14.3 Å². The molecule has 1 amide bonds. The number of ether oxygens (including phenoxy) is 2. The first-order valence-electron chi connectivity index (χ1n) is 10.4. The van der Waals surface area contributed by atoms with Crippen molar-refractivity contribution in [3.05, 3.63) is 53.3 Å². The van der Waals surface area contributed by atoms with E-state index in [1.807, 2.05) is 27.8 Å². The van der Waals surface area contributed by atoms with E-state index in [1.54, 1.807) is 17.3 Å². The maximum absolute atomic E-state index is 12.7. The maximum atomic E-state index is 12.7. The molecule has 7 nitrogen and oxygen atoms in total. The van der Waals surface area contributed by atoms with Crippen molar-refractivity contribution in [1.82, 2.24) is 14.5 Å². The highest BCUT2D eigenvalue weighted by atomic mass is 16.6. The smallest absolute Gasteiger partial charge is 0.419 e. The molecule has 4 rings (SSSR count). The van der Waals surface area contributed by atoms with Gasteiger partial charge in [0.2, 0.25) is 0 Å². The van der Waals surface area contributed by atoms with Crippen LogP contribution in [0.15, 0.2) is 53.3 Å². The standard InChI is InChI=1S/C23H29N3O4/c1-13(2)29-19-10-16-9-18-17(14(3)21(27)25(18)6)11-23(16,5)15(4)20(19)30-22(28)26-8-7-24-12-26/h7-10,12-13,15,19-20H,11H2,1-6H3/t15-,19+,20+,23+/m0/s1. The zero-order valence-electron chi connectivity index (χ0n) is 18.4. The minimum atomic E-state index is -0.472. The summed E-state index contributed by atoms with van der Waals surface area (Å²) < 4.78 is 13.5. The van der Waals surface area contributed by atoms with Crippen LogP contribution in [0.25, 0.3) is 0 Å². The van der Waals surface area contributed by atoms with Gasteiger partial charge in [0.25, 0.3) is 5.91 Å². The third-order valence-corrected chi connectivity index (χ3v) is 6.79. The highest BCUT2D eigenvalue weighted by Gasteiger charge is 2.51. The molecule has 7 heteroatoms. The van der Waals surface area contributed by atoms with E-state index in [0.29, 0.717) is 0 Å². The Hall–Kier alpha value is -2.67. The molecule has 30 heavy (non-hydrogen) atoms. The number of nitrogens with zero attached hydrogens (tertiary/aromatic N) is 3. The number of carbonyl (C=O) groups is 2. The molecule has 0 saturated heterocycles. The van der Waals surface area contributed by atoms with Crippen LogP contribution in [0.5, 0.6) is 0 Å². The lowest BCUT2D eigenvalue weighted by molar-refractivity contribution is -0.123. The molecule has 0 fully saturated rings. The van der Waals surface area contributed by atoms with Crippen molar-refractivity contribution in [2.24, 2.45) is 11.3 Å². The van der Waals surface area contributed by atoms with Gasteiger partial charge >= 0.3 is 6.09 Å². The first kappa shape index (κ1) is 20.6. The van der Waals surface area contributed by atoms with Gasteiger partial charge in [0.05, 0.1) is 6.10 Å². The summed E-state index contributed by atoms with van der Waals surface area (Å²) in [6, 6.07) is 0. The van der Waals surface area contributed by atoms with Crippen LogP contribution < -0.4 is 0 Å². The summed E-state index contributed by atoms with van der Waals surface area (Å²) in [5, 5.41) is 0. The summed E-state index contributed by atoms with van der Waals surface area (Å²) >= 11 is 0. The lowest BCUT2D eigenvalue weighted by Crippen LogP contribution is -2.50. The molecule has 4 atom stereocenters. The second-order valence-electron chi connectivity index (χ2n) is 8.97. The van der Waals surface area contributed by atoms with Crippen LogP contribution in [0.4, 0.5) is 4.79 Å². The van der Waals surface area contributed by atoms with Crippen molar-refractivity contribution in [1.29, 1.82) is 0 Å². The molecule has 0 N–H and O–H groups in total. The second kappa shape index (κ2) is 7.23. The van der Waals surface area contributed by atoms with Gasteiger partial charge in [-0.25, -0.2) is 14.3 Å². The Bertz CT molecular complexity index is 973. The summed E-state index contributed by atoms with van der Waals surface area (Å²) in [4.78, 5) is 30.9. The van der Waals surface area contributed by atoms with Gasteiger partial charge in [0.1, 0.15) is 18.5 Å². The van der Waals surface area contributed by atoms with Gasteiger partial charge in [-0.05, 0) is 50.5 Å². The summed E-state index contributed by atoms with van der Waals surface area (Å²) in [5.41, 5.74) is 3.69. The molecule has 1 aliphatic heterocycles. The lowest BCUT2D eigenvalue weighted by Gasteiger charge is -2.49. The van der Waals surface area contributed by atoms with Gasteiger partial charge in [-0.1, -0.05) is 13.8 Å². The highest BCUT2D eigenvalue weighted by molar-refractivity contribution is 6.00. The molecule has 3 aliphatic rings. The molecule has 0 unspecified atom stereocenters. The number of fused-ring (bicyclic) bond motifs is 2. The van der Waals surface area contributed by atoms with E-state index >= 15 is 0 Å². The van der Waals surface area contributed by atoms with E-state index in [2.05, 4.69) is 31.0 Å². The molecule has 0 saturated carbocycles. The van der Waals surface area contributed by atoms with Gasteiger partial charge in [-0.3, -0.25) is 4.79 Å². The fourth-order valence-corrected chi connectivity index (χ4v) is 4.80. The lowest BCUT2D eigenvalue weighted by atomic mass is 9.59. The van der Waals surface area contributed by atoms with Gasteiger partial charge in [-0.15, -0.1) is 0 Å². The minimum Gasteiger partial charge on any atom is -0.442 e. The van der Waals surface area contributed by atoms with Crippen LogP contribution in [0.1, 0.15) is 41.0 Å². The van der Waals surface area contributed by atoms with Gasteiger partial charge in [0, 0.05) is 42.0 Å². The highest BCUT2D eigenvalue weighted by Crippen LogP contribution is 2.54. The van der Waals surface area contributed by atoms with E-state index in [9.17, 15) is 9.59 Å². The molecule has 2 heterocycles. The first-order valence-corrected chi connectivity index (χ1v) is 10.4. The monoisotopic (exact) mass is 411 g/mol. The number of amides is 1. The van der Waals surface area contributed by atoms with Gasteiger partial charge in [-0.2, -0.15) is 0 Å². The number of aromatic nitrogens is 2. The van der Waals surface area contributed by atoms with Crippen LogP contribution in [0, 0.1) is 11.3 Å². The Morgan fingerprint density at radius 2 is 2.10 bits per heavy atom. The fourth-order valence-electron chi connectivity index (χ4n) is 4.80. The molecule has 1 aromatic heterocycles. The van der Waals surface area contributed by atoms with Gasteiger partial charge < -0.3 is 14.4 Å². The van der Waals surface area contributed by atoms with Gasteiger partial charge in [0.15, 0.2) is 0 Å². The van der Waals surface area contributed by atoms with Crippen molar-refractivity contribution in [2.45, 2.75) is 59.4 Å². The number of rotatable bonds is 3. The topological polar surface area (TPSA) is 73.7 Å². The van der Waals surface area contributed by atoms with Crippen molar-refractivity contribution >= 4 is 12.0 Å². The number of likely N-dealkylation sites (N-methyl/N-ethyl adjacent to an activating group) is 1. The molecule has 2 aliphatic carbocycles. The first-order chi connectivity index (χ1) is 14.1. The molecule has 160 valence electrons. The van der Waals surface area contributed by atoms with Crippen molar-refractivity contribution in [3.63, 3.8) is 0 Å². The number of hydrogen-bond donors (Lipinski definition) is 0. The summed E-state index contributed by atoms with van der Waals surface area (Å²) in [5.74, 6) is 0.0256. The molecule has 0 bridgehead atoms. The maximum Gasteiger partial charge on any atom is 0.419 e. The summed E-state index contributed by atoms with van der Waals surface area (Å²) in [6.45, 7) is 10.1. The number of imidazole rings is 1. The molecule has 0 aromatic carbocycles. The Labute approximate surface area is 177 Å². The largest absolute Gasteiger partial charge is 0.442 e. The van der Waals surface area contributed by atoms with Crippen molar-refractivity contribution < 1.29 is 19.1 Å². The number of hydrogen-bond acceptors (Lipinski definition) is 5. The van der Waals surface area contributed by atoms with Crippen LogP contribution in [0.3, 0.4) is 0 Å². The number of allylic oxidation sites excluding steroid dienone is 3. The van der Waals surface area contributed by atoms with Crippen LogP contribution in [0.2, 0.25) is 0 Å². The Morgan fingerprint density at radius 1 is 1.37 bits per heavy atom.